The second-order valence-corrected chi connectivity index (χ2v) is 1.24. The molecule has 0 rings (SSSR count). The van der Waals surface area contributed by atoms with Crippen LogP contribution in [0.25, 0.3) is 0 Å². The fourth-order valence-electron chi connectivity index (χ4n) is 0. The fourth-order valence-corrected chi connectivity index (χ4v) is 0. The van der Waals surface area contributed by atoms with Crippen LogP contribution in [0.3, 0.4) is 0 Å². The van der Waals surface area contributed by atoms with Crippen LogP contribution in [0.5, 0.6) is 0 Å². The predicted molar refractivity (Wildman–Crippen MR) is 18.9 cm³/mol. The molecule has 0 nitrogen and oxygen atoms in total. The Hall–Kier alpha value is 1.12. The first-order valence-corrected chi connectivity index (χ1v) is 2.49. The molecule has 0 aliphatic heterocycles. The normalized spacial score (nSPS) is 5.50. The molecule has 0 aliphatic carbocycles. The monoisotopic (exact) mass is 101 g/mol. The molecule has 0 amide bonds. The van der Waals surface area contributed by atoms with Gasteiger partial charge in [-0.05, 0) is 0 Å². The molecule has 0 saturated heterocycles. The van der Waals surface area contributed by atoms with Crippen molar-refractivity contribution >= 4 is 18.9 Å². The minimum atomic E-state index is 0. The van der Waals surface area contributed by atoms with Crippen LogP contribution < -0.4 is 0 Å². The molecule has 0 N–H and O–H groups in total. The molecule has 0 atom stereocenters. The molecule has 0 unspecified atom stereocenters. The van der Waals surface area contributed by atoms with E-state index in [2.05, 4.69) is 0 Å². The molecule has 0 aromatic rings. The standard InChI is InChI=1S/2CH3.Cu.Li.H/h2*1H3;;;. The van der Waals surface area contributed by atoms with Crippen molar-refractivity contribution in [2.75, 3.05) is 0 Å². The van der Waals surface area contributed by atoms with Gasteiger partial charge in [-0.1, -0.05) is 0 Å². The average Bonchev–Trinajstić information content (AvgIpc) is 0.918. The molecule has 4 heavy (non-hydrogen) atoms. The van der Waals surface area contributed by atoms with Gasteiger partial charge < -0.3 is 0 Å². The molecule has 0 radical (unpaired) electrons. The van der Waals surface area contributed by atoms with Gasteiger partial charge in [-0.3, -0.25) is 0 Å². The van der Waals surface area contributed by atoms with Crippen LogP contribution in [-0.2, 0) is 15.0 Å². The van der Waals surface area contributed by atoms with Crippen LogP contribution in [0.2, 0.25) is 11.6 Å². The van der Waals surface area contributed by atoms with Gasteiger partial charge in [0.1, 0.15) is 0 Å². The molecule has 0 saturated carbocycles. The van der Waals surface area contributed by atoms with Crippen LogP contribution in [0.1, 0.15) is 0 Å². The van der Waals surface area contributed by atoms with Crippen LogP contribution in [0.4, 0.5) is 0 Å². The molecular weight excluding hydrogens is 94.5 g/mol. The molecule has 0 heterocycles. The van der Waals surface area contributed by atoms with Gasteiger partial charge in [0.25, 0.3) is 0 Å². The Labute approximate surface area is 45.7 Å². The van der Waals surface area contributed by atoms with E-state index < -0.39 is 0 Å². The Kier molecular flexibility index (Phi) is 19.9. The van der Waals surface area contributed by atoms with E-state index in [0.29, 0.717) is 0 Å². The van der Waals surface area contributed by atoms with Crippen LogP contribution >= 0.6 is 0 Å². The summed E-state index contributed by atoms with van der Waals surface area (Å²) in [6.45, 7) is 0. The first-order valence-electron chi connectivity index (χ1n) is 0.603. The first-order chi connectivity index (χ1) is 1.41. The maximum atomic E-state index is 2.03. The summed E-state index contributed by atoms with van der Waals surface area (Å²) in [6, 6.07) is 0. The van der Waals surface area contributed by atoms with Crippen molar-refractivity contribution in [1.82, 2.24) is 0 Å². The van der Waals surface area contributed by atoms with E-state index in [-0.39, 0.29) is 18.9 Å². The molecule has 0 fully saturated rings. The number of hydrogen-bond donors (Lipinski definition) is 0. The summed E-state index contributed by atoms with van der Waals surface area (Å²) in [5, 5.41) is 0. The van der Waals surface area contributed by atoms with E-state index in [1.54, 1.807) is 0 Å². The molecule has 0 spiro atoms. The van der Waals surface area contributed by atoms with Crippen molar-refractivity contribution in [3.8, 4) is 0 Å². The second-order valence-electron chi connectivity index (χ2n) is 0.302. The zero-order valence-electron chi connectivity index (χ0n) is 2.30. The zero-order chi connectivity index (χ0) is 2.71. The van der Waals surface area contributed by atoms with Crippen LogP contribution in [-0.4, -0.2) is 18.9 Å². The summed E-state index contributed by atoms with van der Waals surface area (Å²) < 4.78 is 0. The summed E-state index contributed by atoms with van der Waals surface area (Å²) >= 11 is 1.81. The Morgan fingerprint density at radius 2 is 1.25 bits per heavy atom. The third-order valence-corrected chi connectivity index (χ3v) is 0. The van der Waals surface area contributed by atoms with Gasteiger partial charge in [0.05, 0.1) is 0 Å². The van der Waals surface area contributed by atoms with Gasteiger partial charge in [-0.15, -0.1) is 0 Å². The number of hydrogen-bond acceptors (Lipinski definition) is 0. The Balaban J connectivity index is 0. The molecule has 0 bridgehead atoms. The van der Waals surface area contributed by atoms with Gasteiger partial charge in [-0.25, -0.2) is 0 Å². The van der Waals surface area contributed by atoms with Crippen LogP contribution in [0.15, 0.2) is 0 Å². The zero-order valence-corrected chi connectivity index (χ0v) is 3.24. The van der Waals surface area contributed by atoms with Crippen molar-refractivity contribution in [2.24, 2.45) is 0 Å². The van der Waals surface area contributed by atoms with Gasteiger partial charge in [-0.2, -0.15) is 0 Å². The minimum absolute atomic E-state index is 0. The molecular formula is C2H7CuLi. The quantitative estimate of drug-likeness (QED) is 0.390. The topological polar surface area (TPSA) is 0 Å². The van der Waals surface area contributed by atoms with Crippen molar-refractivity contribution in [2.45, 2.75) is 11.6 Å². The van der Waals surface area contributed by atoms with Crippen molar-refractivity contribution in [3.05, 3.63) is 0 Å². The van der Waals surface area contributed by atoms with E-state index in [9.17, 15) is 0 Å². The van der Waals surface area contributed by atoms with Gasteiger partial charge in [0, 0.05) is 0 Å². The van der Waals surface area contributed by atoms with E-state index in [0.717, 1.165) is 0 Å². The molecule has 0 aromatic heterocycles. The van der Waals surface area contributed by atoms with Crippen LogP contribution in [0, 0.1) is 0 Å². The van der Waals surface area contributed by atoms with E-state index in [4.69, 9.17) is 0 Å². The fraction of sp³-hybridized carbons (Fsp3) is 1.00. The summed E-state index contributed by atoms with van der Waals surface area (Å²) in [6.07, 6.45) is 0. The second kappa shape index (κ2) is 8.93. The van der Waals surface area contributed by atoms with Gasteiger partial charge in [0.15, 0.2) is 0 Å². The Bertz CT molecular complexity index is 6.00. The average molecular weight is 102 g/mol. The van der Waals surface area contributed by atoms with E-state index >= 15 is 0 Å². The third kappa shape index (κ3) is 11.2. The summed E-state index contributed by atoms with van der Waals surface area (Å²) in [7, 11) is 0. The summed E-state index contributed by atoms with van der Waals surface area (Å²) in [5.74, 6) is 4.06. The molecule has 0 aromatic carbocycles. The molecule has 0 aliphatic rings. The molecule has 27 valence electrons. The SMILES string of the molecule is [CH3][Cu][CH3].[LiH]. The van der Waals surface area contributed by atoms with Gasteiger partial charge >= 0.3 is 45.5 Å². The van der Waals surface area contributed by atoms with Gasteiger partial charge in [0.2, 0.25) is 0 Å². The van der Waals surface area contributed by atoms with Crippen molar-refractivity contribution in [3.63, 3.8) is 0 Å². The summed E-state index contributed by atoms with van der Waals surface area (Å²) in [4.78, 5) is 0. The van der Waals surface area contributed by atoms with Crippen molar-refractivity contribution < 1.29 is 15.0 Å². The third-order valence-electron chi connectivity index (χ3n) is 0. The first kappa shape index (κ1) is 8.93. The van der Waals surface area contributed by atoms with Crippen molar-refractivity contribution in [1.29, 1.82) is 0 Å². The van der Waals surface area contributed by atoms with E-state index in [1.807, 2.05) is 26.6 Å². The predicted octanol–water partition coefficient (Wildman–Crippen LogP) is 0.517. The Morgan fingerprint density at radius 1 is 1.25 bits per heavy atom. The number of rotatable bonds is 0. The maximum absolute atomic E-state index is 2.03. The molecule has 2 heteroatoms. The Morgan fingerprint density at radius 3 is 1.25 bits per heavy atom. The summed E-state index contributed by atoms with van der Waals surface area (Å²) in [5.41, 5.74) is 0. The van der Waals surface area contributed by atoms with E-state index in [1.165, 1.54) is 0 Å².